The van der Waals surface area contributed by atoms with Gasteiger partial charge in [0.1, 0.15) is 0 Å². The van der Waals surface area contributed by atoms with Crippen LogP contribution in [0.3, 0.4) is 0 Å². The Kier molecular flexibility index (Phi) is 3.90. The number of rotatable bonds is 2. The first-order valence-corrected chi connectivity index (χ1v) is 6.75. The van der Waals surface area contributed by atoms with Crippen LogP contribution >= 0.6 is 27.5 Å². The van der Waals surface area contributed by atoms with E-state index in [0.717, 1.165) is 29.0 Å². The molecule has 1 aliphatic heterocycles. The molecule has 88 valence electrons. The van der Waals surface area contributed by atoms with Crippen LogP contribution < -0.4 is 5.73 Å². The second kappa shape index (κ2) is 5.05. The molecule has 0 radical (unpaired) electrons. The highest BCUT2D eigenvalue weighted by Crippen LogP contribution is 2.36. The minimum Gasteiger partial charge on any atom is -0.326 e. The zero-order chi connectivity index (χ0) is 11.7. The van der Waals surface area contributed by atoms with Gasteiger partial charge in [-0.15, -0.1) is 0 Å². The van der Waals surface area contributed by atoms with Gasteiger partial charge in [0, 0.05) is 22.1 Å². The monoisotopic (exact) mass is 302 g/mol. The summed E-state index contributed by atoms with van der Waals surface area (Å²) in [5.74, 6) is 0. The molecule has 0 saturated carbocycles. The highest BCUT2D eigenvalue weighted by molar-refractivity contribution is 9.10. The molecule has 1 fully saturated rings. The number of likely N-dealkylation sites (N-methyl/N-ethyl adjacent to an activating group) is 1. The maximum absolute atomic E-state index is 6.19. The van der Waals surface area contributed by atoms with Crippen LogP contribution in [0.5, 0.6) is 0 Å². The molecule has 1 aromatic rings. The molecule has 2 N–H and O–H groups in total. The standard InChI is InChI=1S/C12H16BrClN2/c1-2-16-6-5-11(15)12(16)9-7-8(14)3-4-10(9)13/h3-4,7,11-12H,2,5-6,15H2,1H3. The smallest absolute Gasteiger partial charge is 0.0511 e. The van der Waals surface area contributed by atoms with Gasteiger partial charge in [-0.05, 0) is 36.7 Å². The summed E-state index contributed by atoms with van der Waals surface area (Å²) in [5, 5.41) is 0.772. The lowest BCUT2D eigenvalue weighted by Crippen LogP contribution is -2.31. The summed E-state index contributed by atoms with van der Waals surface area (Å²) in [6.45, 7) is 4.27. The van der Waals surface area contributed by atoms with E-state index in [-0.39, 0.29) is 12.1 Å². The van der Waals surface area contributed by atoms with Crippen LogP contribution in [0, 0.1) is 0 Å². The van der Waals surface area contributed by atoms with Crippen LogP contribution in [0.15, 0.2) is 22.7 Å². The van der Waals surface area contributed by atoms with Crippen molar-refractivity contribution in [3.63, 3.8) is 0 Å². The van der Waals surface area contributed by atoms with Gasteiger partial charge in [-0.3, -0.25) is 4.90 Å². The van der Waals surface area contributed by atoms with Gasteiger partial charge >= 0.3 is 0 Å². The summed E-state index contributed by atoms with van der Waals surface area (Å²) in [7, 11) is 0. The quantitative estimate of drug-likeness (QED) is 0.909. The average Bonchev–Trinajstić information content (AvgIpc) is 2.63. The maximum atomic E-state index is 6.19. The Morgan fingerprint density at radius 3 is 3.00 bits per heavy atom. The first-order valence-electron chi connectivity index (χ1n) is 5.58. The molecule has 2 rings (SSSR count). The molecule has 4 heteroatoms. The highest BCUT2D eigenvalue weighted by atomic mass is 79.9. The Balaban J connectivity index is 2.37. The van der Waals surface area contributed by atoms with Gasteiger partial charge < -0.3 is 5.73 Å². The lowest BCUT2D eigenvalue weighted by Gasteiger charge is -2.26. The fourth-order valence-corrected chi connectivity index (χ4v) is 3.07. The molecule has 0 aromatic heterocycles. The van der Waals surface area contributed by atoms with E-state index in [1.807, 2.05) is 18.2 Å². The molecule has 2 atom stereocenters. The summed E-state index contributed by atoms with van der Waals surface area (Å²) < 4.78 is 1.10. The summed E-state index contributed by atoms with van der Waals surface area (Å²) in [5.41, 5.74) is 7.40. The normalized spacial score (nSPS) is 26.2. The lowest BCUT2D eigenvalue weighted by atomic mass is 10.0. The first kappa shape index (κ1) is 12.4. The van der Waals surface area contributed by atoms with Gasteiger partial charge in [0.25, 0.3) is 0 Å². The molecule has 0 bridgehead atoms. The van der Waals surface area contributed by atoms with E-state index in [4.69, 9.17) is 17.3 Å². The molecule has 0 amide bonds. The van der Waals surface area contributed by atoms with Gasteiger partial charge in [-0.1, -0.05) is 34.5 Å². The van der Waals surface area contributed by atoms with Crippen molar-refractivity contribution in [2.45, 2.75) is 25.4 Å². The van der Waals surface area contributed by atoms with Crippen molar-refractivity contribution in [3.8, 4) is 0 Å². The fraction of sp³-hybridized carbons (Fsp3) is 0.500. The molecule has 2 unspecified atom stereocenters. The average molecular weight is 304 g/mol. The van der Waals surface area contributed by atoms with Crippen LogP contribution in [0.2, 0.25) is 5.02 Å². The number of likely N-dealkylation sites (tertiary alicyclic amines) is 1. The predicted molar refractivity (Wildman–Crippen MR) is 71.7 cm³/mol. The zero-order valence-corrected chi connectivity index (χ0v) is 11.6. The zero-order valence-electron chi connectivity index (χ0n) is 9.29. The van der Waals surface area contributed by atoms with Gasteiger partial charge in [-0.25, -0.2) is 0 Å². The largest absolute Gasteiger partial charge is 0.326 e. The number of nitrogens with two attached hydrogens (primary N) is 1. The molecular formula is C12H16BrClN2. The Morgan fingerprint density at radius 2 is 2.31 bits per heavy atom. The van der Waals surface area contributed by atoms with Crippen LogP contribution in [0.1, 0.15) is 24.9 Å². The second-order valence-corrected chi connectivity index (χ2v) is 5.48. The van der Waals surface area contributed by atoms with Crippen molar-refractivity contribution in [2.24, 2.45) is 5.73 Å². The van der Waals surface area contributed by atoms with Crippen molar-refractivity contribution in [2.75, 3.05) is 13.1 Å². The minimum atomic E-state index is 0.203. The first-order chi connectivity index (χ1) is 7.63. The summed E-state index contributed by atoms with van der Waals surface area (Å²) in [4.78, 5) is 2.40. The van der Waals surface area contributed by atoms with Crippen LogP contribution in [0.4, 0.5) is 0 Å². The van der Waals surface area contributed by atoms with Gasteiger partial charge in [0.2, 0.25) is 0 Å². The van der Waals surface area contributed by atoms with Crippen LogP contribution in [-0.4, -0.2) is 24.0 Å². The van der Waals surface area contributed by atoms with Crippen LogP contribution in [0.25, 0.3) is 0 Å². The third-order valence-corrected chi connectivity index (χ3v) is 4.19. The number of benzene rings is 1. The number of hydrogen-bond acceptors (Lipinski definition) is 2. The van der Waals surface area contributed by atoms with Crippen molar-refractivity contribution >= 4 is 27.5 Å². The molecular weight excluding hydrogens is 288 g/mol. The SMILES string of the molecule is CCN1CCC(N)C1c1cc(Cl)ccc1Br. The van der Waals surface area contributed by atoms with Crippen molar-refractivity contribution in [1.29, 1.82) is 0 Å². The molecule has 1 heterocycles. The maximum Gasteiger partial charge on any atom is 0.0511 e. The highest BCUT2D eigenvalue weighted by Gasteiger charge is 2.32. The number of halogens is 2. The van der Waals surface area contributed by atoms with E-state index in [1.165, 1.54) is 5.56 Å². The molecule has 1 saturated heterocycles. The van der Waals surface area contributed by atoms with Crippen LogP contribution in [-0.2, 0) is 0 Å². The third-order valence-electron chi connectivity index (χ3n) is 3.23. The Morgan fingerprint density at radius 1 is 1.56 bits per heavy atom. The van der Waals surface area contributed by atoms with E-state index < -0.39 is 0 Å². The van der Waals surface area contributed by atoms with Crippen molar-refractivity contribution in [1.82, 2.24) is 4.90 Å². The summed E-state index contributed by atoms with van der Waals surface area (Å²) in [6, 6.07) is 6.40. The summed E-state index contributed by atoms with van der Waals surface area (Å²) >= 11 is 9.64. The van der Waals surface area contributed by atoms with E-state index >= 15 is 0 Å². The Hall–Kier alpha value is -0.0900. The molecule has 2 nitrogen and oxygen atoms in total. The Labute approximate surface area is 110 Å². The van der Waals surface area contributed by atoms with Gasteiger partial charge in [0.05, 0.1) is 6.04 Å². The molecule has 1 aromatic carbocycles. The number of hydrogen-bond donors (Lipinski definition) is 1. The topological polar surface area (TPSA) is 29.3 Å². The minimum absolute atomic E-state index is 0.203. The molecule has 1 aliphatic rings. The van der Waals surface area contributed by atoms with E-state index in [2.05, 4.69) is 27.8 Å². The fourth-order valence-electron chi connectivity index (χ4n) is 2.41. The summed E-state index contributed by atoms with van der Waals surface area (Å²) in [6.07, 6.45) is 1.05. The number of nitrogens with zero attached hydrogens (tertiary/aromatic N) is 1. The van der Waals surface area contributed by atoms with Crippen molar-refractivity contribution < 1.29 is 0 Å². The third kappa shape index (κ3) is 2.28. The molecule has 0 aliphatic carbocycles. The molecule has 0 spiro atoms. The second-order valence-electron chi connectivity index (χ2n) is 4.19. The van der Waals surface area contributed by atoms with E-state index in [0.29, 0.717) is 0 Å². The predicted octanol–water partition coefficient (Wildman–Crippen LogP) is 3.20. The van der Waals surface area contributed by atoms with E-state index in [1.54, 1.807) is 0 Å². The lowest BCUT2D eigenvalue weighted by molar-refractivity contribution is 0.260. The van der Waals surface area contributed by atoms with Gasteiger partial charge in [0.15, 0.2) is 0 Å². The van der Waals surface area contributed by atoms with E-state index in [9.17, 15) is 0 Å². The van der Waals surface area contributed by atoms with Crippen molar-refractivity contribution in [3.05, 3.63) is 33.3 Å². The molecule has 16 heavy (non-hydrogen) atoms. The Bertz CT molecular complexity index is 383. The van der Waals surface area contributed by atoms with Gasteiger partial charge in [-0.2, -0.15) is 0 Å².